The molecule has 0 saturated heterocycles. The molecule has 0 saturated carbocycles. The highest BCUT2D eigenvalue weighted by atomic mass is 32.1. The maximum absolute atomic E-state index is 9.72. The van der Waals surface area contributed by atoms with Crippen molar-refractivity contribution in [3.63, 3.8) is 0 Å². The number of benzene rings is 1. The number of rotatable bonds is 7. The van der Waals surface area contributed by atoms with Gasteiger partial charge in [-0.25, -0.2) is 9.97 Å². The Balaban J connectivity index is 1.87. The maximum atomic E-state index is 9.72. The van der Waals surface area contributed by atoms with Crippen molar-refractivity contribution in [3.05, 3.63) is 36.5 Å². The lowest BCUT2D eigenvalue weighted by Crippen LogP contribution is -2.33. The summed E-state index contributed by atoms with van der Waals surface area (Å²) < 4.78 is 6.94. The first-order valence-electron chi connectivity index (χ1n) is 8.49. The summed E-state index contributed by atoms with van der Waals surface area (Å²) in [7, 11) is 1.20. The van der Waals surface area contributed by atoms with Gasteiger partial charge in [0, 0.05) is 10.9 Å². The highest BCUT2D eigenvalue weighted by Gasteiger charge is 2.15. The minimum Gasteiger partial charge on any atom is -0.494 e. The Kier molecular flexibility index (Phi) is 5.55. The molecule has 0 radical (unpaired) electrons. The molecule has 25 heavy (non-hydrogen) atoms. The summed E-state index contributed by atoms with van der Waals surface area (Å²) in [5.74, 6) is 2.26. The molecule has 0 aliphatic rings. The molecule has 0 fully saturated rings. The van der Waals surface area contributed by atoms with Crippen LogP contribution in [-0.2, 0) is 0 Å². The van der Waals surface area contributed by atoms with Crippen molar-refractivity contribution in [3.8, 4) is 16.5 Å². The van der Waals surface area contributed by atoms with Gasteiger partial charge in [-0.1, -0.05) is 13.3 Å². The number of aromatic nitrogens is 2. The fourth-order valence-electron chi connectivity index (χ4n) is 2.40. The number of anilines is 1. The minimum atomic E-state index is -0.604. The number of hydrogen-bond donors (Lipinski definition) is 1. The van der Waals surface area contributed by atoms with E-state index in [9.17, 15) is 5.02 Å². The van der Waals surface area contributed by atoms with E-state index in [2.05, 4.69) is 35.1 Å². The van der Waals surface area contributed by atoms with Gasteiger partial charge in [0.1, 0.15) is 11.6 Å². The van der Waals surface area contributed by atoms with Gasteiger partial charge in [-0.05, 0) is 56.0 Å². The summed E-state index contributed by atoms with van der Waals surface area (Å²) in [4.78, 5) is 11.7. The Labute approximate surface area is 152 Å². The van der Waals surface area contributed by atoms with E-state index >= 15 is 0 Å². The van der Waals surface area contributed by atoms with Gasteiger partial charge in [-0.15, -0.1) is 11.3 Å². The summed E-state index contributed by atoms with van der Waals surface area (Å²) in [5.41, 5.74) is 0. The van der Waals surface area contributed by atoms with E-state index in [1.165, 1.54) is 0 Å². The van der Waals surface area contributed by atoms with Crippen LogP contribution in [0.25, 0.3) is 20.8 Å². The lowest BCUT2D eigenvalue weighted by atomic mass is 9.86. The molecular formula is C18H22BN3O2S. The molecule has 1 N–H and O–H groups in total. The Morgan fingerprint density at radius 1 is 1.28 bits per heavy atom. The molecule has 130 valence electrons. The third-order valence-corrected chi connectivity index (χ3v) is 5.14. The lowest BCUT2D eigenvalue weighted by Gasteiger charge is -2.18. The van der Waals surface area contributed by atoms with Crippen LogP contribution in [0.4, 0.5) is 5.82 Å². The second-order valence-corrected chi connectivity index (χ2v) is 7.08. The Morgan fingerprint density at radius 3 is 2.88 bits per heavy atom. The highest BCUT2D eigenvalue weighted by molar-refractivity contribution is 7.22. The van der Waals surface area contributed by atoms with Crippen LogP contribution in [0.15, 0.2) is 36.5 Å². The fourth-order valence-corrected chi connectivity index (χ4v) is 3.43. The first-order chi connectivity index (χ1) is 12.1. The van der Waals surface area contributed by atoms with Crippen LogP contribution in [0.2, 0.25) is 6.82 Å². The quantitative estimate of drug-likeness (QED) is 0.511. The summed E-state index contributed by atoms with van der Waals surface area (Å²) >= 11 is 1.65. The summed E-state index contributed by atoms with van der Waals surface area (Å²) in [5, 5.41) is 10.9. The van der Waals surface area contributed by atoms with E-state index in [0.717, 1.165) is 40.2 Å². The molecule has 2 heterocycles. The van der Waals surface area contributed by atoms with Gasteiger partial charge in [0.25, 0.3) is 0 Å². The normalized spacial score (nSPS) is 10.9. The molecule has 0 bridgehead atoms. The predicted octanol–water partition coefficient (Wildman–Crippen LogP) is 4.08. The smallest absolute Gasteiger partial charge is 0.410 e. The monoisotopic (exact) mass is 355 g/mol. The molecule has 2 aromatic heterocycles. The van der Waals surface area contributed by atoms with Gasteiger partial charge >= 0.3 is 7.05 Å². The van der Waals surface area contributed by atoms with Gasteiger partial charge in [-0.2, -0.15) is 0 Å². The molecule has 0 amide bonds. The summed E-state index contributed by atoms with van der Waals surface area (Å²) in [6.07, 6.45) is 3.91. The van der Waals surface area contributed by atoms with Gasteiger partial charge in [-0.3, -0.25) is 0 Å². The van der Waals surface area contributed by atoms with Gasteiger partial charge in [0.2, 0.25) is 0 Å². The summed E-state index contributed by atoms with van der Waals surface area (Å²) in [6, 6.07) is 10.0. The van der Waals surface area contributed by atoms with E-state index in [0.29, 0.717) is 11.6 Å². The zero-order valence-corrected chi connectivity index (χ0v) is 15.6. The molecule has 0 aliphatic carbocycles. The van der Waals surface area contributed by atoms with Crippen molar-refractivity contribution in [1.82, 2.24) is 9.97 Å². The Hall–Kier alpha value is -2.12. The topological polar surface area (TPSA) is 58.5 Å². The van der Waals surface area contributed by atoms with E-state index in [1.807, 2.05) is 13.1 Å². The molecular weight excluding hydrogens is 333 g/mol. The van der Waals surface area contributed by atoms with Gasteiger partial charge < -0.3 is 14.6 Å². The number of hydrogen-bond acceptors (Lipinski definition) is 6. The Bertz CT molecular complexity index is 853. The lowest BCUT2D eigenvalue weighted by molar-refractivity contribution is 0.310. The summed E-state index contributed by atoms with van der Waals surface area (Å²) in [6.45, 7) is 4.61. The standard InChI is InChI=1S/C18H22BN3O2S/c1-4-5-10-24-14-7-6-13-11-16(25-15(13)12-14)18-20-9-8-17(21-18)22(3)19(2)23/h6-9,11-12,23H,4-5,10H2,1-3H3. The maximum Gasteiger partial charge on any atom is 0.410 e. The van der Waals surface area contributed by atoms with Crippen molar-refractivity contribution >= 4 is 34.3 Å². The van der Waals surface area contributed by atoms with Crippen LogP contribution in [0, 0.1) is 0 Å². The van der Waals surface area contributed by atoms with Crippen LogP contribution in [0.5, 0.6) is 5.75 Å². The first kappa shape index (κ1) is 17.7. The van der Waals surface area contributed by atoms with Gasteiger partial charge in [0.15, 0.2) is 5.82 Å². The zero-order valence-electron chi connectivity index (χ0n) is 14.8. The second kappa shape index (κ2) is 7.84. The molecule has 0 spiro atoms. The Morgan fingerprint density at radius 2 is 2.12 bits per heavy atom. The number of ether oxygens (including phenoxy) is 1. The average molecular weight is 355 g/mol. The third-order valence-electron chi connectivity index (χ3n) is 4.04. The SMILES string of the molecule is CCCCOc1ccc2cc(-c3nccc(N(C)B(C)O)n3)sc2c1. The van der Waals surface area contributed by atoms with E-state index in [4.69, 9.17) is 4.74 Å². The predicted molar refractivity (Wildman–Crippen MR) is 105 cm³/mol. The molecule has 0 aliphatic heterocycles. The van der Waals surface area contributed by atoms with Crippen LogP contribution in [-0.4, -0.2) is 35.7 Å². The number of nitrogens with zero attached hydrogens (tertiary/aromatic N) is 3. The molecule has 1 aromatic carbocycles. The average Bonchev–Trinajstić information content (AvgIpc) is 3.05. The number of thiophene rings is 1. The van der Waals surface area contributed by atoms with Crippen LogP contribution < -0.4 is 9.55 Å². The molecule has 3 aromatic rings. The number of unbranched alkanes of at least 4 members (excludes halogenated alkanes) is 1. The van der Waals surface area contributed by atoms with E-state index in [1.54, 1.807) is 35.2 Å². The van der Waals surface area contributed by atoms with Gasteiger partial charge in [0.05, 0.1) is 11.5 Å². The van der Waals surface area contributed by atoms with Crippen molar-refractivity contribution in [2.45, 2.75) is 26.6 Å². The largest absolute Gasteiger partial charge is 0.494 e. The molecule has 0 unspecified atom stereocenters. The molecule has 7 heteroatoms. The van der Waals surface area contributed by atoms with Crippen molar-refractivity contribution in [2.24, 2.45) is 0 Å². The third kappa shape index (κ3) is 4.11. The van der Waals surface area contributed by atoms with Crippen molar-refractivity contribution in [1.29, 1.82) is 0 Å². The zero-order chi connectivity index (χ0) is 17.8. The van der Waals surface area contributed by atoms with E-state index in [-0.39, 0.29) is 0 Å². The van der Waals surface area contributed by atoms with Crippen LogP contribution in [0.3, 0.4) is 0 Å². The molecule has 5 nitrogen and oxygen atoms in total. The first-order valence-corrected chi connectivity index (χ1v) is 9.31. The fraction of sp³-hybridized carbons (Fsp3) is 0.333. The number of fused-ring (bicyclic) bond motifs is 1. The van der Waals surface area contributed by atoms with Crippen molar-refractivity contribution < 1.29 is 9.76 Å². The minimum absolute atomic E-state index is 0.604. The second-order valence-electron chi connectivity index (χ2n) is 5.99. The van der Waals surface area contributed by atoms with Crippen LogP contribution in [0.1, 0.15) is 19.8 Å². The van der Waals surface area contributed by atoms with Crippen molar-refractivity contribution in [2.75, 3.05) is 18.5 Å². The van der Waals surface area contributed by atoms with E-state index < -0.39 is 7.05 Å². The molecule has 3 rings (SSSR count). The van der Waals surface area contributed by atoms with Crippen LogP contribution >= 0.6 is 11.3 Å². The highest BCUT2D eigenvalue weighted by Crippen LogP contribution is 2.34. The molecule has 0 atom stereocenters.